The van der Waals surface area contributed by atoms with Gasteiger partial charge in [0.05, 0.1) is 6.10 Å². The van der Waals surface area contributed by atoms with Crippen molar-refractivity contribution in [2.45, 2.75) is 39.8 Å². The Morgan fingerprint density at radius 2 is 1.80 bits per heavy atom. The van der Waals surface area contributed by atoms with Gasteiger partial charge in [-0.15, -0.1) is 0 Å². The summed E-state index contributed by atoms with van der Waals surface area (Å²) in [6, 6.07) is 12.5. The summed E-state index contributed by atoms with van der Waals surface area (Å²) in [6.45, 7) is 6.94. The Kier molecular flexibility index (Phi) is 4.99. The fourth-order valence-corrected chi connectivity index (χ4v) is 1.95. The Bertz CT molecular complexity index is 535. The zero-order valence-corrected chi connectivity index (χ0v) is 12.4. The Morgan fingerprint density at radius 3 is 2.45 bits per heavy atom. The quantitative estimate of drug-likeness (QED) is 0.860. The van der Waals surface area contributed by atoms with Gasteiger partial charge < -0.3 is 10.1 Å². The van der Waals surface area contributed by atoms with E-state index >= 15 is 0 Å². The van der Waals surface area contributed by atoms with Crippen LogP contribution in [0, 0.1) is 0 Å². The summed E-state index contributed by atoms with van der Waals surface area (Å²) in [4.78, 5) is 4.34. The maximum Gasteiger partial charge on any atom is 0.169 e. The van der Waals surface area contributed by atoms with Crippen LogP contribution in [0.3, 0.4) is 0 Å². The number of aryl methyl sites for hydroxylation is 1. The molecule has 2 aromatic rings. The molecule has 3 nitrogen and oxygen atoms in total. The van der Waals surface area contributed by atoms with Gasteiger partial charge in [0.15, 0.2) is 11.6 Å². The highest BCUT2D eigenvalue weighted by molar-refractivity contribution is 5.49. The predicted molar refractivity (Wildman–Crippen MR) is 83.1 cm³/mol. The number of rotatable bonds is 6. The summed E-state index contributed by atoms with van der Waals surface area (Å²) < 4.78 is 5.75. The average molecular weight is 270 g/mol. The summed E-state index contributed by atoms with van der Waals surface area (Å²) in [5, 5.41) is 3.34. The second-order valence-electron chi connectivity index (χ2n) is 5.04. The molecule has 0 aliphatic heterocycles. The molecule has 0 radical (unpaired) electrons. The second-order valence-corrected chi connectivity index (χ2v) is 5.04. The lowest BCUT2D eigenvalue weighted by molar-refractivity contribution is 0.243. The molecular weight excluding hydrogens is 248 g/mol. The summed E-state index contributed by atoms with van der Waals surface area (Å²) in [5.41, 5.74) is 2.60. The number of ether oxygens (including phenoxy) is 1. The third kappa shape index (κ3) is 3.98. The van der Waals surface area contributed by atoms with Gasteiger partial charge in [0.1, 0.15) is 0 Å². The van der Waals surface area contributed by atoms with E-state index < -0.39 is 0 Å². The highest BCUT2D eigenvalue weighted by Crippen LogP contribution is 2.22. The Balaban J connectivity index is 2.02. The van der Waals surface area contributed by atoms with Crippen LogP contribution in [0.4, 0.5) is 5.82 Å². The Morgan fingerprint density at radius 1 is 1.10 bits per heavy atom. The van der Waals surface area contributed by atoms with Crippen molar-refractivity contribution >= 4 is 5.82 Å². The van der Waals surface area contributed by atoms with Crippen LogP contribution in [0.25, 0.3) is 0 Å². The van der Waals surface area contributed by atoms with Gasteiger partial charge in [0.25, 0.3) is 0 Å². The number of hydrogen-bond acceptors (Lipinski definition) is 3. The largest absolute Gasteiger partial charge is 0.487 e. The first-order valence-corrected chi connectivity index (χ1v) is 7.12. The predicted octanol–water partition coefficient (Wildman–Crippen LogP) is 4.04. The summed E-state index contributed by atoms with van der Waals surface area (Å²) in [5.74, 6) is 1.59. The zero-order valence-electron chi connectivity index (χ0n) is 12.4. The van der Waals surface area contributed by atoms with E-state index in [0.29, 0.717) is 0 Å². The van der Waals surface area contributed by atoms with Gasteiger partial charge in [0.2, 0.25) is 0 Å². The van der Waals surface area contributed by atoms with Gasteiger partial charge >= 0.3 is 0 Å². The van der Waals surface area contributed by atoms with Crippen molar-refractivity contribution in [2.24, 2.45) is 0 Å². The van der Waals surface area contributed by atoms with Crippen molar-refractivity contribution < 1.29 is 4.74 Å². The molecule has 106 valence electrons. The van der Waals surface area contributed by atoms with Gasteiger partial charge in [-0.3, -0.25) is 0 Å². The molecular formula is C17H22N2O. The molecule has 0 saturated heterocycles. The van der Waals surface area contributed by atoms with Crippen LogP contribution in [-0.2, 0) is 13.0 Å². The van der Waals surface area contributed by atoms with E-state index in [1.165, 1.54) is 11.1 Å². The fourth-order valence-electron chi connectivity index (χ4n) is 1.95. The molecule has 1 aromatic carbocycles. The molecule has 0 atom stereocenters. The van der Waals surface area contributed by atoms with Crippen molar-refractivity contribution in [1.82, 2.24) is 4.98 Å². The first-order valence-electron chi connectivity index (χ1n) is 7.12. The van der Waals surface area contributed by atoms with Crippen LogP contribution >= 0.6 is 0 Å². The van der Waals surface area contributed by atoms with Crippen molar-refractivity contribution in [3.05, 3.63) is 53.7 Å². The van der Waals surface area contributed by atoms with Gasteiger partial charge in [-0.2, -0.15) is 0 Å². The van der Waals surface area contributed by atoms with E-state index in [2.05, 4.69) is 41.5 Å². The van der Waals surface area contributed by atoms with E-state index in [1.54, 1.807) is 6.20 Å². The van der Waals surface area contributed by atoms with Crippen molar-refractivity contribution in [3.8, 4) is 5.75 Å². The summed E-state index contributed by atoms with van der Waals surface area (Å²) >= 11 is 0. The molecule has 2 rings (SSSR count). The molecule has 0 aliphatic rings. The van der Waals surface area contributed by atoms with Crippen molar-refractivity contribution in [1.29, 1.82) is 0 Å². The topological polar surface area (TPSA) is 34.2 Å². The maximum absolute atomic E-state index is 5.75. The van der Waals surface area contributed by atoms with Gasteiger partial charge in [-0.25, -0.2) is 4.98 Å². The number of benzene rings is 1. The van der Waals surface area contributed by atoms with Crippen LogP contribution in [-0.4, -0.2) is 11.1 Å². The third-order valence-corrected chi connectivity index (χ3v) is 3.02. The molecule has 0 bridgehead atoms. The van der Waals surface area contributed by atoms with E-state index in [9.17, 15) is 0 Å². The number of pyridine rings is 1. The molecule has 0 aliphatic carbocycles. The van der Waals surface area contributed by atoms with Crippen LogP contribution < -0.4 is 10.1 Å². The molecule has 3 heteroatoms. The lowest BCUT2D eigenvalue weighted by Gasteiger charge is -2.14. The van der Waals surface area contributed by atoms with E-state index in [4.69, 9.17) is 4.74 Å². The fraction of sp³-hybridized carbons (Fsp3) is 0.353. The number of nitrogens with zero attached hydrogens (tertiary/aromatic N) is 1. The minimum atomic E-state index is 0.142. The lowest BCUT2D eigenvalue weighted by atomic mass is 10.1. The molecule has 0 amide bonds. The Hall–Kier alpha value is -2.03. The highest BCUT2D eigenvalue weighted by atomic mass is 16.5. The minimum absolute atomic E-state index is 0.142. The van der Waals surface area contributed by atoms with E-state index in [1.807, 2.05) is 26.0 Å². The summed E-state index contributed by atoms with van der Waals surface area (Å²) in [7, 11) is 0. The minimum Gasteiger partial charge on any atom is -0.487 e. The maximum atomic E-state index is 5.75. The van der Waals surface area contributed by atoms with Crippen molar-refractivity contribution in [3.63, 3.8) is 0 Å². The first kappa shape index (κ1) is 14.4. The molecule has 0 spiro atoms. The van der Waals surface area contributed by atoms with Gasteiger partial charge in [-0.05, 0) is 43.5 Å². The van der Waals surface area contributed by atoms with Crippen molar-refractivity contribution in [2.75, 3.05) is 5.32 Å². The molecule has 0 unspecified atom stereocenters. The SMILES string of the molecule is CCc1ccc(CNc2ncccc2OC(C)C)cc1. The monoisotopic (exact) mass is 270 g/mol. The number of anilines is 1. The second kappa shape index (κ2) is 6.94. The average Bonchev–Trinajstić information content (AvgIpc) is 2.46. The smallest absolute Gasteiger partial charge is 0.169 e. The number of aromatic nitrogens is 1. The van der Waals surface area contributed by atoms with Gasteiger partial charge in [0, 0.05) is 12.7 Å². The Labute approximate surface area is 121 Å². The molecule has 20 heavy (non-hydrogen) atoms. The molecule has 0 saturated carbocycles. The first-order chi connectivity index (χ1) is 9.69. The highest BCUT2D eigenvalue weighted by Gasteiger charge is 2.06. The van der Waals surface area contributed by atoms with Crippen LogP contribution in [0.1, 0.15) is 31.9 Å². The third-order valence-electron chi connectivity index (χ3n) is 3.02. The molecule has 0 fully saturated rings. The van der Waals surface area contributed by atoms with Crippen LogP contribution in [0.15, 0.2) is 42.6 Å². The molecule has 1 aromatic heterocycles. The normalized spacial score (nSPS) is 10.6. The zero-order chi connectivity index (χ0) is 14.4. The molecule has 1 heterocycles. The number of hydrogen-bond donors (Lipinski definition) is 1. The standard InChI is InChI=1S/C17H22N2O/c1-4-14-7-9-15(10-8-14)12-19-17-16(20-13(2)3)6-5-11-18-17/h5-11,13H,4,12H2,1-3H3,(H,18,19). The molecule has 1 N–H and O–H groups in total. The van der Waals surface area contributed by atoms with Crippen LogP contribution in [0.5, 0.6) is 5.75 Å². The van der Waals surface area contributed by atoms with Gasteiger partial charge in [-0.1, -0.05) is 31.2 Å². The van der Waals surface area contributed by atoms with E-state index in [-0.39, 0.29) is 6.10 Å². The number of nitrogens with one attached hydrogen (secondary N) is 1. The van der Waals surface area contributed by atoms with Crippen LogP contribution in [0.2, 0.25) is 0 Å². The lowest BCUT2D eigenvalue weighted by Crippen LogP contribution is -2.09. The van der Waals surface area contributed by atoms with E-state index in [0.717, 1.165) is 24.5 Å². The summed E-state index contributed by atoms with van der Waals surface area (Å²) in [6.07, 6.45) is 2.99.